The molecule has 0 aliphatic carbocycles. The van der Waals surface area contributed by atoms with Crippen LogP contribution in [0.4, 0.5) is 0 Å². The summed E-state index contributed by atoms with van der Waals surface area (Å²) in [7, 11) is 2.07. The number of hydrogen-bond acceptors (Lipinski definition) is 5. The molecular formula is C19H19N5S2. The van der Waals surface area contributed by atoms with Crippen LogP contribution in [0.25, 0.3) is 15.9 Å². The molecule has 0 saturated carbocycles. The van der Waals surface area contributed by atoms with Crippen LogP contribution < -0.4 is 0 Å². The largest absolute Gasteiger partial charge is 0.278 e. The van der Waals surface area contributed by atoms with Crippen LogP contribution in [-0.2, 0) is 6.67 Å². The Morgan fingerprint density at radius 3 is 2.62 bits per heavy atom. The summed E-state index contributed by atoms with van der Waals surface area (Å²) in [5, 5.41) is 5.57. The van der Waals surface area contributed by atoms with Crippen molar-refractivity contribution in [3.63, 3.8) is 0 Å². The van der Waals surface area contributed by atoms with Crippen LogP contribution in [0, 0.1) is 4.77 Å². The second kappa shape index (κ2) is 7.11. The van der Waals surface area contributed by atoms with Crippen molar-refractivity contribution in [1.82, 2.24) is 24.2 Å². The smallest absolute Gasteiger partial charge is 0.203 e. The van der Waals surface area contributed by atoms with Crippen molar-refractivity contribution in [3.8, 4) is 5.69 Å². The van der Waals surface area contributed by atoms with Gasteiger partial charge in [-0.05, 0) is 50.5 Å². The molecule has 0 aliphatic heterocycles. The predicted octanol–water partition coefficient (Wildman–Crippen LogP) is 4.66. The predicted molar refractivity (Wildman–Crippen MR) is 108 cm³/mol. The Kier molecular flexibility index (Phi) is 4.67. The van der Waals surface area contributed by atoms with E-state index in [4.69, 9.17) is 17.2 Å². The molecule has 2 heterocycles. The summed E-state index contributed by atoms with van der Waals surface area (Å²) in [6.07, 6.45) is 1.77. The van der Waals surface area contributed by atoms with Crippen LogP contribution in [0.5, 0.6) is 0 Å². The van der Waals surface area contributed by atoms with Crippen LogP contribution in [0.15, 0.2) is 60.9 Å². The molecule has 2 aromatic heterocycles. The average Bonchev–Trinajstić information content (AvgIpc) is 3.26. The number of thiazole rings is 1. The summed E-state index contributed by atoms with van der Waals surface area (Å²) in [5.74, 6) is 0. The lowest BCUT2D eigenvalue weighted by Gasteiger charge is -2.22. The first kappa shape index (κ1) is 17.1. The molecule has 7 heteroatoms. The average molecular weight is 382 g/mol. The number of hydrogen-bond donors (Lipinski definition) is 0. The molecule has 4 rings (SSSR count). The van der Waals surface area contributed by atoms with Gasteiger partial charge < -0.3 is 0 Å². The fourth-order valence-corrected chi connectivity index (χ4v) is 4.13. The summed E-state index contributed by atoms with van der Waals surface area (Å²) in [6.45, 7) is 2.77. The van der Waals surface area contributed by atoms with E-state index in [0.29, 0.717) is 11.4 Å². The van der Waals surface area contributed by atoms with Crippen molar-refractivity contribution in [2.75, 3.05) is 7.05 Å². The summed E-state index contributed by atoms with van der Waals surface area (Å²) >= 11 is 7.34. The highest BCUT2D eigenvalue weighted by atomic mass is 32.1. The number of rotatable bonds is 5. The molecule has 2 aromatic carbocycles. The Balaban J connectivity index is 1.55. The van der Waals surface area contributed by atoms with Crippen LogP contribution in [-0.4, -0.2) is 31.3 Å². The molecule has 26 heavy (non-hydrogen) atoms. The van der Waals surface area contributed by atoms with Crippen LogP contribution in [0.2, 0.25) is 0 Å². The number of fused-ring (bicyclic) bond motifs is 1. The van der Waals surface area contributed by atoms with Crippen LogP contribution >= 0.6 is 23.6 Å². The van der Waals surface area contributed by atoms with Crippen molar-refractivity contribution in [3.05, 3.63) is 70.7 Å². The number of aromatic nitrogens is 4. The van der Waals surface area contributed by atoms with Crippen molar-refractivity contribution in [2.24, 2.45) is 0 Å². The first-order valence-corrected chi connectivity index (χ1v) is 9.61. The zero-order chi connectivity index (χ0) is 18.1. The van der Waals surface area contributed by atoms with Gasteiger partial charge in [0.15, 0.2) is 0 Å². The van der Waals surface area contributed by atoms with E-state index in [0.717, 1.165) is 16.2 Å². The Labute approximate surface area is 161 Å². The second-order valence-corrected chi connectivity index (χ2v) is 7.64. The van der Waals surface area contributed by atoms with Gasteiger partial charge in [0.05, 0.1) is 22.9 Å². The van der Waals surface area contributed by atoms with Crippen LogP contribution in [0.1, 0.15) is 18.0 Å². The summed E-state index contributed by atoms with van der Waals surface area (Å²) in [6, 6.07) is 18.4. The van der Waals surface area contributed by atoms with Crippen LogP contribution in [0.3, 0.4) is 0 Å². The third-order valence-electron chi connectivity index (χ3n) is 4.45. The molecule has 0 radical (unpaired) electrons. The Morgan fingerprint density at radius 1 is 1.12 bits per heavy atom. The second-order valence-electron chi connectivity index (χ2n) is 6.21. The van der Waals surface area contributed by atoms with Gasteiger partial charge in [-0.1, -0.05) is 30.3 Å². The highest BCUT2D eigenvalue weighted by Gasteiger charge is 2.17. The minimum absolute atomic E-state index is 0.177. The van der Waals surface area contributed by atoms with Gasteiger partial charge in [0, 0.05) is 5.69 Å². The van der Waals surface area contributed by atoms with Gasteiger partial charge in [0.25, 0.3) is 0 Å². The van der Waals surface area contributed by atoms with Gasteiger partial charge in [0.1, 0.15) is 11.3 Å². The SMILES string of the molecule is C[C@@H](c1nc2ccccc2s1)N(C)Cn1ncn(-c2ccccc2)c1=S. The molecule has 0 saturated heterocycles. The maximum atomic E-state index is 5.61. The topological polar surface area (TPSA) is 38.9 Å². The van der Waals surface area contributed by atoms with Gasteiger partial charge in [0.2, 0.25) is 4.77 Å². The van der Waals surface area contributed by atoms with Gasteiger partial charge in [-0.3, -0.25) is 9.47 Å². The molecule has 0 aliphatic rings. The molecule has 4 aromatic rings. The number of para-hydroxylation sites is 2. The maximum absolute atomic E-state index is 5.61. The Morgan fingerprint density at radius 2 is 1.85 bits per heavy atom. The molecule has 0 unspecified atom stereocenters. The third kappa shape index (κ3) is 3.21. The monoisotopic (exact) mass is 381 g/mol. The summed E-state index contributed by atoms with van der Waals surface area (Å²) in [4.78, 5) is 6.97. The minimum Gasteiger partial charge on any atom is -0.278 e. The van der Waals surface area contributed by atoms with E-state index < -0.39 is 0 Å². The maximum Gasteiger partial charge on any atom is 0.203 e. The fraction of sp³-hybridized carbons (Fsp3) is 0.211. The van der Waals surface area contributed by atoms with E-state index in [1.54, 1.807) is 17.7 Å². The molecule has 0 bridgehead atoms. The first-order chi connectivity index (χ1) is 12.6. The van der Waals surface area contributed by atoms with E-state index >= 15 is 0 Å². The number of nitrogens with zero attached hydrogens (tertiary/aromatic N) is 5. The van der Waals surface area contributed by atoms with E-state index in [-0.39, 0.29) is 6.04 Å². The molecule has 0 N–H and O–H groups in total. The first-order valence-electron chi connectivity index (χ1n) is 8.39. The molecule has 0 spiro atoms. The van der Waals surface area contributed by atoms with E-state index in [1.807, 2.05) is 51.7 Å². The van der Waals surface area contributed by atoms with Gasteiger partial charge in [-0.15, -0.1) is 11.3 Å². The van der Waals surface area contributed by atoms with E-state index in [2.05, 4.69) is 36.1 Å². The zero-order valence-corrected chi connectivity index (χ0v) is 16.2. The highest BCUT2D eigenvalue weighted by molar-refractivity contribution is 7.71. The minimum atomic E-state index is 0.177. The summed E-state index contributed by atoms with van der Waals surface area (Å²) < 4.78 is 5.66. The lowest BCUT2D eigenvalue weighted by molar-refractivity contribution is 0.194. The fourth-order valence-electron chi connectivity index (χ4n) is 2.79. The molecule has 0 fully saturated rings. The highest BCUT2D eigenvalue weighted by Crippen LogP contribution is 2.28. The molecule has 5 nitrogen and oxygen atoms in total. The van der Waals surface area contributed by atoms with Crippen molar-refractivity contribution < 1.29 is 0 Å². The molecular weight excluding hydrogens is 362 g/mol. The summed E-state index contributed by atoms with van der Waals surface area (Å²) in [5.41, 5.74) is 2.07. The standard InChI is InChI=1S/C19H19N5S2/c1-14(18-21-16-10-6-7-11-17(16)26-18)22(2)13-24-19(25)23(12-20-24)15-8-4-3-5-9-15/h3-12,14H,13H2,1-2H3/t14-/m0/s1. The van der Waals surface area contributed by atoms with E-state index in [9.17, 15) is 0 Å². The lowest BCUT2D eigenvalue weighted by atomic mass is 10.3. The zero-order valence-electron chi connectivity index (χ0n) is 14.6. The normalized spacial score (nSPS) is 12.7. The number of benzene rings is 2. The third-order valence-corrected chi connectivity index (χ3v) is 6.07. The van der Waals surface area contributed by atoms with Crippen molar-refractivity contribution >= 4 is 33.8 Å². The quantitative estimate of drug-likeness (QED) is 0.471. The van der Waals surface area contributed by atoms with Gasteiger partial charge in [-0.25, -0.2) is 9.67 Å². The molecule has 132 valence electrons. The molecule has 0 amide bonds. The van der Waals surface area contributed by atoms with Crippen molar-refractivity contribution in [2.45, 2.75) is 19.6 Å². The van der Waals surface area contributed by atoms with Gasteiger partial charge >= 0.3 is 0 Å². The molecule has 1 atom stereocenters. The Hall–Kier alpha value is -2.35. The van der Waals surface area contributed by atoms with Crippen molar-refractivity contribution in [1.29, 1.82) is 0 Å². The lowest BCUT2D eigenvalue weighted by Crippen LogP contribution is -2.26. The Bertz CT molecular complexity index is 1050. The van der Waals surface area contributed by atoms with Gasteiger partial charge in [-0.2, -0.15) is 5.10 Å². The van der Waals surface area contributed by atoms with E-state index in [1.165, 1.54) is 4.70 Å².